The monoisotopic (exact) mass is 348 g/mol. The number of sulfonamides is 1. The van der Waals surface area contributed by atoms with Gasteiger partial charge in [-0.1, -0.05) is 29.3 Å². The molecule has 0 amide bonds. The Hall–Kier alpha value is -1.50. The second kappa shape index (κ2) is 5.71. The molecule has 0 saturated carbocycles. The molecule has 0 atom stereocenters. The number of nitrogens with two attached hydrogens (primary N) is 1. The van der Waals surface area contributed by atoms with E-state index in [1.165, 1.54) is 0 Å². The summed E-state index contributed by atoms with van der Waals surface area (Å²) in [7, 11) is -4.08. The highest BCUT2D eigenvalue weighted by molar-refractivity contribution is 7.92. The molecule has 112 valence electrons. The fraction of sp³-hybridized carbons (Fsp3) is 0.0769. The summed E-state index contributed by atoms with van der Waals surface area (Å²) in [4.78, 5) is -0.410. The summed E-state index contributed by atoms with van der Waals surface area (Å²) in [6.07, 6.45) is 0. The molecular formula is C13H11Cl2FN2O2S. The van der Waals surface area contributed by atoms with Gasteiger partial charge in [0.25, 0.3) is 10.0 Å². The first kappa shape index (κ1) is 15.9. The first-order valence-electron chi connectivity index (χ1n) is 5.75. The number of halogens is 3. The summed E-state index contributed by atoms with van der Waals surface area (Å²) in [5.41, 5.74) is 6.97. The maximum absolute atomic E-state index is 13.6. The molecule has 0 spiro atoms. The number of anilines is 2. The fourth-order valence-corrected chi connectivity index (χ4v) is 3.50. The molecule has 21 heavy (non-hydrogen) atoms. The first-order valence-corrected chi connectivity index (χ1v) is 7.99. The van der Waals surface area contributed by atoms with Crippen LogP contribution in [0.5, 0.6) is 0 Å². The van der Waals surface area contributed by atoms with Gasteiger partial charge in [0, 0.05) is 0 Å². The Labute approximate surface area is 131 Å². The third-order valence-corrected chi connectivity index (χ3v) is 4.92. The zero-order valence-electron chi connectivity index (χ0n) is 10.8. The number of nitrogens with one attached hydrogen (secondary N) is 1. The van der Waals surface area contributed by atoms with Crippen LogP contribution in [-0.2, 0) is 10.0 Å². The van der Waals surface area contributed by atoms with Crippen LogP contribution in [0.1, 0.15) is 5.56 Å². The van der Waals surface area contributed by atoms with Crippen LogP contribution in [0, 0.1) is 12.7 Å². The summed E-state index contributed by atoms with van der Waals surface area (Å²) in [6.45, 7) is 1.78. The van der Waals surface area contributed by atoms with E-state index >= 15 is 0 Å². The van der Waals surface area contributed by atoms with E-state index in [4.69, 9.17) is 28.9 Å². The molecule has 4 nitrogen and oxygen atoms in total. The highest BCUT2D eigenvalue weighted by atomic mass is 35.5. The van der Waals surface area contributed by atoms with Crippen LogP contribution in [0.15, 0.2) is 35.2 Å². The van der Waals surface area contributed by atoms with E-state index < -0.39 is 25.8 Å². The van der Waals surface area contributed by atoms with Crippen molar-refractivity contribution in [2.75, 3.05) is 10.5 Å². The summed E-state index contributed by atoms with van der Waals surface area (Å²) >= 11 is 11.3. The van der Waals surface area contributed by atoms with Crippen molar-refractivity contribution in [2.45, 2.75) is 11.8 Å². The first-order chi connectivity index (χ1) is 9.72. The minimum Gasteiger partial charge on any atom is -0.397 e. The molecule has 0 saturated heterocycles. The van der Waals surface area contributed by atoms with Gasteiger partial charge in [0.05, 0.1) is 21.4 Å². The Morgan fingerprint density at radius 3 is 2.52 bits per heavy atom. The topological polar surface area (TPSA) is 72.2 Å². The van der Waals surface area contributed by atoms with Crippen LogP contribution < -0.4 is 10.5 Å². The Kier molecular flexibility index (Phi) is 4.32. The minimum absolute atomic E-state index is 0.196. The second-order valence-corrected chi connectivity index (χ2v) is 6.81. The van der Waals surface area contributed by atoms with Gasteiger partial charge < -0.3 is 5.73 Å². The summed E-state index contributed by atoms with van der Waals surface area (Å²) in [6, 6.07) is 7.12. The van der Waals surface area contributed by atoms with Gasteiger partial charge in [-0.2, -0.15) is 0 Å². The van der Waals surface area contributed by atoms with E-state index in [0.717, 1.165) is 17.7 Å². The van der Waals surface area contributed by atoms with Crippen molar-refractivity contribution in [3.63, 3.8) is 0 Å². The van der Waals surface area contributed by atoms with Crippen LogP contribution >= 0.6 is 23.2 Å². The number of rotatable bonds is 3. The Balaban J connectivity index is 2.49. The van der Waals surface area contributed by atoms with Gasteiger partial charge >= 0.3 is 0 Å². The highest BCUT2D eigenvalue weighted by Gasteiger charge is 2.22. The molecule has 0 aliphatic carbocycles. The van der Waals surface area contributed by atoms with E-state index in [2.05, 4.69) is 4.72 Å². The second-order valence-electron chi connectivity index (χ2n) is 4.37. The van der Waals surface area contributed by atoms with Gasteiger partial charge in [0.1, 0.15) is 4.90 Å². The van der Waals surface area contributed by atoms with Crippen molar-refractivity contribution < 1.29 is 12.8 Å². The van der Waals surface area contributed by atoms with E-state index in [1.54, 1.807) is 25.1 Å². The molecule has 0 aliphatic heterocycles. The molecule has 2 aromatic rings. The Morgan fingerprint density at radius 1 is 1.19 bits per heavy atom. The predicted molar refractivity (Wildman–Crippen MR) is 82.8 cm³/mol. The molecule has 0 aliphatic rings. The molecule has 8 heteroatoms. The van der Waals surface area contributed by atoms with Gasteiger partial charge in [0.2, 0.25) is 0 Å². The van der Waals surface area contributed by atoms with Gasteiger partial charge in [-0.15, -0.1) is 0 Å². The molecule has 0 aromatic heterocycles. The van der Waals surface area contributed by atoms with Gasteiger partial charge in [0.15, 0.2) is 5.82 Å². The van der Waals surface area contributed by atoms with E-state index in [9.17, 15) is 12.8 Å². The third-order valence-electron chi connectivity index (χ3n) is 2.74. The van der Waals surface area contributed by atoms with Gasteiger partial charge in [-0.3, -0.25) is 4.72 Å². The van der Waals surface area contributed by atoms with Crippen molar-refractivity contribution in [2.24, 2.45) is 0 Å². The molecule has 0 radical (unpaired) electrons. The average Bonchev–Trinajstić information content (AvgIpc) is 2.39. The summed E-state index contributed by atoms with van der Waals surface area (Å²) in [5, 5.41) is -0.824. The molecule has 3 N–H and O–H groups in total. The highest BCUT2D eigenvalue weighted by Crippen LogP contribution is 2.31. The zero-order valence-corrected chi connectivity index (χ0v) is 13.2. The Morgan fingerprint density at radius 2 is 1.86 bits per heavy atom. The number of hydrogen-bond acceptors (Lipinski definition) is 3. The smallest absolute Gasteiger partial charge is 0.263 e. The molecular weight excluding hydrogens is 338 g/mol. The van der Waals surface area contributed by atoms with Crippen LogP contribution in [0.4, 0.5) is 15.8 Å². The molecule has 0 unspecified atom stereocenters. The van der Waals surface area contributed by atoms with Gasteiger partial charge in [-0.25, -0.2) is 12.8 Å². The standard InChI is InChI=1S/C13H11Cl2FN2O2S/c1-7-2-4-9(17)10(6-7)18-21(19,20)11-5-3-8(14)13(16)12(11)15/h2-6,18H,17H2,1H3. The largest absolute Gasteiger partial charge is 0.397 e. The lowest BCUT2D eigenvalue weighted by Gasteiger charge is -2.12. The summed E-state index contributed by atoms with van der Waals surface area (Å²) in [5.74, 6) is -0.988. The number of aryl methyl sites for hydroxylation is 1. The number of hydrogen-bond donors (Lipinski definition) is 2. The van der Waals surface area contributed by atoms with Crippen LogP contribution in [0.2, 0.25) is 10.0 Å². The van der Waals surface area contributed by atoms with E-state index in [-0.39, 0.29) is 16.4 Å². The van der Waals surface area contributed by atoms with Crippen LogP contribution in [0.25, 0.3) is 0 Å². The van der Waals surface area contributed by atoms with Crippen molar-refractivity contribution in [3.8, 4) is 0 Å². The summed E-state index contributed by atoms with van der Waals surface area (Å²) < 4.78 is 40.5. The molecule has 0 heterocycles. The average molecular weight is 349 g/mol. The van der Waals surface area contributed by atoms with E-state index in [0.29, 0.717) is 0 Å². The van der Waals surface area contributed by atoms with Crippen molar-refractivity contribution in [1.82, 2.24) is 0 Å². The molecule has 0 fully saturated rings. The van der Waals surface area contributed by atoms with Crippen LogP contribution in [-0.4, -0.2) is 8.42 Å². The predicted octanol–water partition coefficient (Wildman–Crippen LogP) is 3.82. The zero-order chi connectivity index (χ0) is 15.8. The van der Waals surface area contributed by atoms with Crippen molar-refractivity contribution in [1.29, 1.82) is 0 Å². The maximum atomic E-state index is 13.6. The lowest BCUT2D eigenvalue weighted by molar-refractivity contribution is 0.595. The quantitative estimate of drug-likeness (QED) is 0.654. The number of benzene rings is 2. The van der Waals surface area contributed by atoms with Gasteiger partial charge in [-0.05, 0) is 36.8 Å². The van der Waals surface area contributed by atoms with Crippen molar-refractivity contribution >= 4 is 44.6 Å². The van der Waals surface area contributed by atoms with E-state index in [1.807, 2.05) is 0 Å². The number of nitrogen functional groups attached to an aromatic ring is 1. The third kappa shape index (κ3) is 3.23. The molecule has 0 bridgehead atoms. The van der Waals surface area contributed by atoms with Crippen LogP contribution in [0.3, 0.4) is 0 Å². The Bertz CT molecular complexity index is 810. The minimum atomic E-state index is -4.08. The molecule has 2 rings (SSSR count). The fourth-order valence-electron chi connectivity index (χ4n) is 1.67. The maximum Gasteiger partial charge on any atom is 0.263 e. The lowest BCUT2D eigenvalue weighted by Crippen LogP contribution is -2.15. The normalized spacial score (nSPS) is 11.4. The van der Waals surface area contributed by atoms with Crippen molar-refractivity contribution in [3.05, 3.63) is 51.8 Å². The SMILES string of the molecule is Cc1ccc(N)c(NS(=O)(=O)c2ccc(Cl)c(F)c2Cl)c1. The molecule has 2 aromatic carbocycles. The lowest BCUT2D eigenvalue weighted by atomic mass is 10.2.